The van der Waals surface area contributed by atoms with Crippen LogP contribution in [0.1, 0.15) is 30.3 Å². The Bertz CT molecular complexity index is 352. The summed E-state index contributed by atoms with van der Waals surface area (Å²) in [5.41, 5.74) is 1.16. The highest BCUT2D eigenvalue weighted by atomic mass is 35.5. The molecule has 0 bridgehead atoms. The van der Waals surface area contributed by atoms with E-state index in [-0.39, 0.29) is 5.91 Å². The number of carbonyl (C=O) groups excluding carboxylic acids is 1. The zero-order valence-corrected chi connectivity index (χ0v) is 10.1. The Labute approximate surface area is 97.9 Å². The number of amides is 1. The third-order valence-corrected chi connectivity index (χ3v) is 3.71. The number of nitrogens with one attached hydrogen (secondary N) is 1. The second-order valence-electron chi connectivity index (χ2n) is 3.70. The summed E-state index contributed by atoms with van der Waals surface area (Å²) < 4.78 is 0. The Kier molecular flexibility index (Phi) is 3.26. The average Bonchev–Trinajstić information content (AvgIpc) is 2.59. The minimum Gasteiger partial charge on any atom is -0.301 e. The molecule has 0 saturated carbocycles. The summed E-state index contributed by atoms with van der Waals surface area (Å²) in [6, 6.07) is 0. The third-order valence-electron chi connectivity index (χ3n) is 2.44. The molecule has 1 aromatic rings. The highest BCUT2D eigenvalue weighted by Gasteiger charge is 2.17. The number of thiazole rings is 1. The van der Waals surface area contributed by atoms with Crippen LogP contribution in [0.4, 0.5) is 5.13 Å². The maximum atomic E-state index is 11.3. The number of fused-ring (bicyclic) bond motifs is 1. The molecule has 0 fully saturated rings. The van der Waals surface area contributed by atoms with E-state index in [4.69, 9.17) is 11.6 Å². The first-order valence-corrected chi connectivity index (χ1v) is 6.35. The van der Waals surface area contributed by atoms with Crippen LogP contribution in [0.2, 0.25) is 0 Å². The minimum absolute atomic E-state index is 0.178. The molecular weight excluding hydrogens is 232 g/mol. The van der Waals surface area contributed by atoms with E-state index in [2.05, 4.69) is 10.3 Å². The Morgan fingerprint density at radius 3 is 2.93 bits per heavy atom. The summed E-state index contributed by atoms with van der Waals surface area (Å²) in [4.78, 5) is 17.1. The van der Waals surface area contributed by atoms with Crippen molar-refractivity contribution in [2.24, 2.45) is 0 Å². The molecule has 1 amide bonds. The molecular formula is C10H13ClN2OS. The molecule has 0 radical (unpaired) electrons. The van der Waals surface area contributed by atoms with Crippen LogP contribution in [0.5, 0.6) is 0 Å². The van der Waals surface area contributed by atoms with Crippen molar-refractivity contribution in [2.75, 3.05) is 5.32 Å². The van der Waals surface area contributed by atoms with E-state index in [0.717, 1.165) is 18.5 Å². The van der Waals surface area contributed by atoms with Crippen molar-refractivity contribution in [1.82, 2.24) is 4.98 Å². The Balaban J connectivity index is 2.09. The van der Waals surface area contributed by atoms with E-state index in [1.807, 2.05) is 0 Å². The van der Waals surface area contributed by atoms with Gasteiger partial charge >= 0.3 is 0 Å². The summed E-state index contributed by atoms with van der Waals surface area (Å²) in [7, 11) is 0. The van der Waals surface area contributed by atoms with Crippen molar-refractivity contribution in [2.45, 2.75) is 38.0 Å². The van der Waals surface area contributed by atoms with Crippen LogP contribution in [-0.2, 0) is 17.6 Å². The van der Waals surface area contributed by atoms with E-state index >= 15 is 0 Å². The third kappa shape index (κ3) is 2.49. The molecule has 5 heteroatoms. The Morgan fingerprint density at radius 2 is 2.27 bits per heavy atom. The van der Waals surface area contributed by atoms with Crippen molar-refractivity contribution in [1.29, 1.82) is 0 Å². The standard InChI is InChI=1S/C10H13ClN2OS/c1-6(11)9(14)13-10-12-7-4-2-3-5-8(7)15-10/h6H,2-5H2,1H3,(H,12,13,14). The first-order valence-electron chi connectivity index (χ1n) is 5.10. The van der Waals surface area contributed by atoms with Crippen LogP contribution in [0.15, 0.2) is 0 Å². The molecule has 0 saturated heterocycles. The van der Waals surface area contributed by atoms with E-state index in [1.165, 1.54) is 17.7 Å². The summed E-state index contributed by atoms with van der Waals surface area (Å²) in [6.07, 6.45) is 4.57. The van der Waals surface area contributed by atoms with Crippen LogP contribution in [-0.4, -0.2) is 16.3 Å². The monoisotopic (exact) mass is 244 g/mol. The summed E-state index contributed by atoms with van der Waals surface area (Å²) in [5, 5.41) is 2.92. The Hall–Kier alpha value is -0.610. The topological polar surface area (TPSA) is 42.0 Å². The molecule has 2 rings (SSSR count). The molecule has 82 valence electrons. The van der Waals surface area contributed by atoms with E-state index in [9.17, 15) is 4.79 Å². The summed E-state index contributed by atoms with van der Waals surface area (Å²) >= 11 is 7.25. The number of carbonyl (C=O) groups is 1. The molecule has 1 atom stereocenters. The number of anilines is 1. The van der Waals surface area contributed by atoms with Crippen molar-refractivity contribution < 1.29 is 4.79 Å². The summed E-state index contributed by atoms with van der Waals surface area (Å²) in [5.74, 6) is -0.178. The fraction of sp³-hybridized carbons (Fsp3) is 0.600. The van der Waals surface area contributed by atoms with Crippen molar-refractivity contribution in [3.8, 4) is 0 Å². The zero-order chi connectivity index (χ0) is 10.8. The molecule has 1 heterocycles. The number of halogens is 1. The highest BCUT2D eigenvalue weighted by molar-refractivity contribution is 7.15. The number of hydrogen-bond acceptors (Lipinski definition) is 3. The van der Waals surface area contributed by atoms with Crippen molar-refractivity contribution in [3.63, 3.8) is 0 Å². The molecule has 0 aromatic carbocycles. The van der Waals surface area contributed by atoms with E-state index in [0.29, 0.717) is 5.13 Å². The van der Waals surface area contributed by atoms with Gasteiger partial charge in [0, 0.05) is 4.88 Å². The van der Waals surface area contributed by atoms with E-state index in [1.54, 1.807) is 18.3 Å². The molecule has 1 unspecified atom stereocenters. The van der Waals surface area contributed by atoms with Gasteiger partial charge < -0.3 is 5.32 Å². The van der Waals surface area contributed by atoms with Gasteiger partial charge in [-0.15, -0.1) is 22.9 Å². The lowest BCUT2D eigenvalue weighted by Gasteiger charge is -2.06. The first-order chi connectivity index (χ1) is 7.16. The Morgan fingerprint density at radius 1 is 1.53 bits per heavy atom. The largest absolute Gasteiger partial charge is 0.301 e. The smallest absolute Gasteiger partial charge is 0.243 e. The van der Waals surface area contributed by atoms with Crippen LogP contribution in [0.3, 0.4) is 0 Å². The van der Waals surface area contributed by atoms with Crippen molar-refractivity contribution >= 4 is 34.0 Å². The highest BCUT2D eigenvalue weighted by Crippen LogP contribution is 2.29. The molecule has 3 nitrogen and oxygen atoms in total. The molecule has 0 spiro atoms. The van der Waals surface area contributed by atoms with Crippen LogP contribution in [0, 0.1) is 0 Å². The summed E-state index contributed by atoms with van der Waals surface area (Å²) in [6.45, 7) is 1.66. The number of aromatic nitrogens is 1. The predicted molar refractivity (Wildman–Crippen MR) is 62.7 cm³/mol. The second kappa shape index (κ2) is 4.49. The fourth-order valence-electron chi connectivity index (χ4n) is 1.61. The SMILES string of the molecule is CC(Cl)C(=O)Nc1nc2c(s1)CCCC2. The van der Waals surface area contributed by atoms with Gasteiger partial charge in [-0.3, -0.25) is 4.79 Å². The molecule has 15 heavy (non-hydrogen) atoms. The molecule has 0 aliphatic heterocycles. The maximum absolute atomic E-state index is 11.3. The quantitative estimate of drug-likeness (QED) is 0.813. The number of hydrogen-bond donors (Lipinski definition) is 1. The zero-order valence-electron chi connectivity index (χ0n) is 8.55. The number of aryl methyl sites for hydroxylation is 2. The molecule has 1 N–H and O–H groups in total. The van der Waals surface area contributed by atoms with Gasteiger partial charge in [-0.05, 0) is 32.6 Å². The van der Waals surface area contributed by atoms with Crippen LogP contribution >= 0.6 is 22.9 Å². The minimum atomic E-state index is -0.508. The second-order valence-corrected chi connectivity index (χ2v) is 5.44. The lowest BCUT2D eigenvalue weighted by Crippen LogP contribution is -2.20. The lowest BCUT2D eigenvalue weighted by molar-refractivity contribution is -0.115. The first kappa shape index (κ1) is 10.9. The molecule has 1 aromatic heterocycles. The van der Waals surface area contributed by atoms with Gasteiger partial charge in [-0.2, -0.15) is 0 Å². The number of nitrogens with zero attached hydrogens (tertiary/aromatic N) is 1. The molecule has 1 aliphatic rings. The fourth-order valence-corrected chi connectivity index (χ4v) is 2.72. The van der Waals surface area contributed by atoms with Gasteiger partial charge in [0.2, 0.25) is 5.91 Å². The average molecular weight is 245 g/mol. The molecule has 1 aliphatic carbocycles. The normalized spacial score (nSPS) is 16.9. The van der Waals surface area contributed by atoms with Gasteiger partial charge in [0.25, 0.3) is 0 Å². The van der Waals surface area contributed by atoms with Gasteiger partial charge in [0.15, 0.2) is 5.13 Å². The van der Waals surface area contributed by atoms with Gasteiger partial charge in [0.1, 0.15) is 5.38 Å². The van der Waals surface area contributed by atoms with E-state index < -0.39 is 5.38 Å². The van der Waals surface area contributed by atoms with Crippen LogP contribution < -0.4 is 5.32 Å². The maximum Gasteiger partial charge on any atom is 0.243 e. The lowest BCUT2D eigenvalue weighted by atomic mass is 10.0. The van der Waals surface area contributed by atoms with Gasteiger partial charge in [-0.25, -0.2) is 4.98 Å². The van der Waals surface area contributed by atoms with Crippen LogP contribution in [0.25, 0.3) is 0 Å². The van der Waals surface area contributed by atoms with Gasteiger partial charge in [-0.1, -0.05) is 0 Å². The predicted octanol–water partition coefficient (Wildman–Crippen LogP) is 2.59. The van der Waals surface area contributed by atoms with Crippen molar-refractivity contribution in [3.05, 3.63) is 10.6 Å². The number of rotatable bonds is 2. The number of alkyl halides is 1. The van der Waals surface area contributed by atoms with Gasteiger partial charge in [0.05, 0.1) is 5.69 Å².